The Hall–Kier alpha value is -3.43. The summed E-state index contributed by atoms with van der Waals surface area (Å²) >= 11 is 0. The molecule has 36 heavy (non-hydrogen) atoms. The van der Waals surface area contributed by atoms with Crippen molar-refractivity contribution in [1.82, 2.24) is 9.80 Å². The zero-order valence-electron chi connectivity index (χ0n) is 20.5. The molecule has 1 N–H and O–H groups in total. The van der Waals surface area contributed by atoms with Crippen LogP contribution in [0.5, 0.6) is 11.5 Å². The van der Waals surface area contributed by atoms with Crippen molar-refractivity contribution >= 4 is 17.4 Å². The van der Waals surface area contributed by atoms with Gasteiger partial charge in [-0.15, -0.1) is 0 Å². The lowest BCUT2D eigenvalue weighted by Crippen LogP contribution is -2.39. The van der Waals surface area contributed by atoms with E-state index in [0.29, 0.717) is 49.8 Å². The third-order valence-electron chi connectivity index (χ3n) is 6.44. The fourth-order valence-corrected chi connectivity index (χ4v) is 4.64. The number of carbonyl (C=O) groups is 2. The Morgan fingerprint density at radius 2 is 1.81 bits per heavy atom. The van der Waals surface area contributed by atoms with Crippen LogP contribution in [0.4, 0.5) is 4.39 Å². The monoisotopic (exact) mass is 498 g/mol. The number of ketones is 1. The van der Waals surface area contributed by atoms with Crippen molar-refractivity contribution in [2.24, 2.45) is 0 Å². The number of nitrogens with zero attached hydrogens (tertiary/aromatic N) is 2. The van der Waals surface area contributed by atoms with Crippen molar-refractivity contribution in [3.8, 4) is 11.5 Å². The molecule has 0 radical (unpaired) electrons. The van der Waals surface area contributed by atoms with E-state index in [4.69, 9.17) is 14.2 Å². The van der Waals surface area contributed by atoms with E-state index in [1.807, 2.05) is 6.92 Å². The van der Waals surface area contributed by atoms with Crippen LogP contribution in [0.1, 0.15) is 30.5 Å². The molecule has 9 heteroatoms. The van der Waals surface area contributed by atoms with Crippen LogP contribution in [0.3, 0.4) is 0 Å². The number of halogens is 1. The van der Waals surface area contributed by atoms with Gasteiger partial charge in [0.1, 0.15) is 11.6 Å². The topological polar surface area (TPSA) is 88.5 Å². The van der Waals surface area contributed by atoms with Crippen LogP contribution in [0.25, 0.3) is 5.76 Å². The van der Waals surface area contributed by atoms with Gasteiger partial charge in [0.05, 0.1) is 38.5 Å². The summed E-state index contributed by atoms with van der Waals surface area (Å²) in [6.45, 7) is 6.37. The number of rotatable bonds is 9. The summed E-state index contributed by atoms with van der Waals surface area (Å²) in [5.74, 6) is -1.29. The minimum Gasteiger partial charge on any atom is -0.507 e. The summed E-state index contributed by atoms with van der Waals surface area (Å²) in [4.78, 5) is 30.1. The number of hydrogen-bond donors (Lipinski definition) is 1. The van der Waals surface area contributed by atoms with Gasteiger partial charge in [0.2, 0.25) is 0 Å². The van der Waals surface area contributed by atoms with Gasteiger partial charge in [-0.05, 0) is 55.3 Å². The highest BCUT2D eigenvalue weighted by molar-refractivity contribution is 6.46. The van der Waals surface area contributed by atoms with Crippen molar-refractivity contribution in [3.63, 3.8) is 0 Å². The number of amides is 1. The van der Waals surface area contributed by atoms with E-state index in [0.717, 1.165) is 19.6 Å². The second-order valence-electron chi connectivity index (χ2n) is 8.65. The SMILES string of the molecule is CCOc1ccc([C@@H]2C(=C(O)c3ccc(F)cc3)C(=O)C(=O)N2CCCN2CCOCC2)cc1OC. The van der Waals surface area contributed by atoms with Gasteiger partial charge in [-0.1, -0.05) is 6.07 Å². The first-order chi connectivity index (χ1) is 17.4. The highest BCUT2D eigenvalue weighted by atomic mass is 19.1. The fourth-order valence-electron chi connectivity index (χ4n) is 4.64. The summed E-state index contributed by atoms with van der Waals surface area (Å²) in [5.41, 5.74) is 0.819. The molecule has 0 spiro atoms. The maximum atomic E-state index is 13.5. The van der Waals surface area contributed by atoms with Gasteiger partial charge in [0.25, 0.3) is 11.7 Å². The van der Waals surface area contributed by atoms with Crippen molar-refractivity contribution in [2.45, 2.75) is 19.4 Å². The summed E-state index contributed by atoms with van der Waals surface area (Å²) in [5, 5.41) is 11.1. The molecular formula is C27H31FN2O6. The Balaban J connectivity index is 1.71. The zero-order valence-corrected chi connectivity index (χ0v) is 20.5. The number of methoxy groups -OCH3 is 1. The molecule has 2 fully saturated rings. The molecule has 4 rings (SSSR count). The molecule has 0 unspecified atom stereocenters. The number of Topliss-reactive ketones (excluding diaryl/α,β-unsaturated/α-hetero) is 1. The molecule has 0 aromatic heterocycles. The Labute approximate surface area is 209 Å². The van der Waals surface area contributed by atoms with Gasteiger partial charge < -0.3 is 24.2 Å². The van der Waals surface area contributed by atoms with Crippen LogP contribution in [0.2, 0.25) is 0 Å². The zero-order chi connectivity index (χ0) is 25.7. The quantitative estimate of drug-likeness (QED) is 0.322. The summed E-state index contributed by atoms with van der Waals surface area (Å²) in [6.07, 6.45) is 0.647. The third-order valence-corrected chi connectivity index (χ3v) is 6.44. The molecule has 2 aromatic carbocycles. The Bertz CT molecular complexity index is 1130. The average molecular weight is 499 g/mol. The molecule has 0 aliphatic carbocycles. The number of benzene rings is 2. The minimum absolute atomic E-state index is 0.0378. The fraction of sp³-hybridized carbons (Fsp3) is 0.407. The van der Waals surface area contributed by atoms with E-state index in [1.54, 1.807) is 18.2 Å². The Morgan fingerprint density at radius 1 is 1.08 bits per heavy atom. The Kier molecular flexibility index (Phi) is 8.22. The molecule has 0 saturated carbocycles. The van der Waals surface area contributed by atoms with E-state index in [2.05, 4.69) is 4.90 Å². The third kappa shape index (κ3) is 5.37. The first-order valence-corrected chi connectivity index (χ1v) is 12.1. The highest BCUT2D eigenvalue weighted by Gasteiger charge is 2.46. The summed E-state index contributed by atoms with van der Waals surface area (Å²) in [7, 11) is 1.51. The van der Waals surface area contributed by atoms with E-state index in [-0.39, 0.29) is 16.9 Å². The normalized spacial score (nSPS) is 20.1. The van der Waals surface area contributed by atoms with Gasteiger partial charge in [0, 0.05) is 31.7 Å². The van der Waals surface area contributed by atoms with Gasteiger partial charge in [-0.2, -0.15) is 0 Å². The number of ether oxygens (including phenoxy) is 3. The van der Waals surface area contributed by atoms with Gasteiger partial charge in [0.15, 0.2) is 11.5 Å². The maximum absolute atomic E-state index is 13.5. The minimum atomic E-state index is -0.829. The van der Waals surface area contributed by atoms with Crippen molar-refractivity contribution < 1.29 is 33.3 Å². The summed E-state index contributed by atoms with van der Waals surface area (Å²) < 4.78 is 30.0. The van der Waals surface area contributed by atoms with Gasteiger partial charge in [-0.3, -0.25) is 14.5 Å². The van der Waals surface area contributed by atoms with Crippen LogP contribution in [0, 0.1) is 5.82 Å². The Morgan fingerprint density at radius 3 is 2.47 bits per heavy atom. The smallest absolute Gasteiger partial charge is 0.295 e. The first kappa shape index (κ1) is 25.7. The lowest BCUT2D eigenvalue weighted by Gasteiger charge is -2.29. The molecular weight excluding hydrogens is 467 g/mol. The van der Waals surface area contributed by atoms with Crippen molar-refractivity contribution in [1.29, 1.82) is 0 Å². The molecule has 2 aliphatic rings. The standard InChI is InChI=1S/C27H31FN2O6/c1-3-36-21-10-7-19(17-22(21)34-2)24-23(25(31)18-5-8-20(28)9-6-18)26(32)27(33)30(24)12-4-11-29-13-15-35-16-14-29/h5-10,17,24,31H,3-4,11-16H2,1-2H3/t24-/m1/s1. The van der Waals surface area contributed by atoms with Gasteiger partial charge in [-0.25, -0.2) is 4.39 Å². The molecule has 1 atom stereocenters. The number of aliphatic hydroxyl groups is 1. The van der Waals surface area contributed by atoms with E-state index in [1.165, 1.54) is 36.3 Å². The first-order valence-electron chi connectivity index (χ1n) is 12.1. The van der Waals surface area contributed by atoms with Crippen molar-refractivity contribution in [3.05, 3.63) is 65.0 Å². The second kappa shape index (κ2) is 11.5. The number of carbonyl (C=O) groups excluding carboxylic acids is 2. The van der Waals surface area contributed by atoms with E-state index < -0.39 is 23.5 Å². The molecule has 2 aromatic rings. The molecule has 192 valence electrons. The average Bonchev–Trinajstić information content (AvgIpc) is 3.15. The van der Waals surface area contributed by atoms with Crippen LogP contribution in [-0.2, 0) is 14.3 Å². The molecule has 2 heterocycles. The molecule has 2 aliphatic heterocycles. The van der Waals surface area contributed by atoms with Crippen LogP contribution < -0.4 is 9.47 Å². The largest absolute Gasteiger partial charge is 0.507 e. The predicted molar refractivity (Wildman–Crippen MR) is 131 cm³/mol. The molecule has 8 nitrogen and oxygen atoms in total. The lowest BCUT2D eigenvalue weighted by atomic mass is 9.95. The van der Waals surface area contributed by atoms with Crippen LogP contribution in [0.15, 0.2) is 48.0 Å². The predicted octanol–water partition coefficient (Wildman–Crippen LogP) is 3.38. The number of aliphatic hydroxyl groups excluding tert-OH is 1. The maximum Gasteiger partial charge on any atom is 0.295 e. The number of likely N-dealkylation sites (tertiary alicyclic amines) is 1. The lowest BCUT2D eigenvalue weighted by molar-refractivity contribution is -0.140. The van der Waals surface area contributed by atoms with Gasteiger partial charge >= 0.3 is 0 Å². The molecule has 2 saturated heterocycles. The van der Waals surface area contributed by atoms with Crippen molar-refractivity contribution in [2.75, 3.05) is 53.1 Å². The van der Waals surface area contributed by atoms with Crippen LogP contribution in [-0.4, -0.2) is 79.7 Å². The van der Waals surface area contributed by atoms with E-state index in [9.17, 15) is 19.1 Å². The summed E-state index contributed by atoms with van der Waals surface area (Å²) in [6, 6.07) is 9.53. The highest BCUT2D eigenvalue weighted by Crippen LogP contribution is 2.42. The number of morpholine rings is 1. The van der Waals surface area contributed by atoms with E-state index >= 15 is 0 Å². The second-order valence-corrected chi connectivity index (χ2v) is 8.65. The number of hydrogen-bond acceptors (Lipinski definition) is 7. The van der Waals surface area contributed by atoms with Crippen LogP contribution >= 0.6 is 0 Å². The molecule has 1 amide bonds. The molecule has 0 bridgehead atoms.